The molecule has 0 heterocycles. The van der Waals surface area contributed by atoms with Gasteiger partial charge in [-0.25, -0.2) is 0 Å². The Kier molecular flexibility index (Phi) is 8.21. The van der Waals surface area contributed by atoms with Gasteiger partial charge >= 0.3 is 51.3 Å². The second-order valence-corrected chi connectivity index (χ2v) is 7.88. The maximum atomic E-state index is 7.50. The SMILES string of the molecule is ClC12Cc3ccccc3C1C1(Cl)Cc3ccccc3C21.[C-]#[O+].[C-]#[O+].[C-]#[O+].[Cr+6]. The molecule has 0 unspecified atom stereocenters. The molecule has 0 N–H and O–H groups in total. The molecule has 0 spiro atoms. The Hall–Kier alpha value is -1.23. The van der Waals surface area contributed by atoms with Gasteiger partial charge in [0.2, 0.25) is 0 Å². The van der Waals surface area contributed by atoms with Crippen molar-refractivity contribution >= 4 is 23.2 Å². The van der Waals surface area contributed by atoms with Crippen LogP contribution in [0.5, 0.6) is 0 Å². The summed E-state index contributed by atoms with van der Waals surface area (Å²) in [5, 5.41) is 0. The van der Waals surface area contributed by atoms with Crippen molar-refractivity contribution in [3.8, 4) is 0 Å². The zero-order valence-corrected chi connectivity index (χ0v) is 16.9. The van der Waals surface area contributed by atoms with Gasteiger partial charge in [0.05, 0.1) is 9.75 Å². The zero-order valence-electron chi connectivity index (χ0n) is 14.1. The molecule has 1 fully saturated rings. The fraction of sp³-hybridized carbons (Fsp3) is 0.286. The van der Waals surface area contributed by atoms with Crippen LogP contribution in [-0.4, -0.2) is 9.75 Å². The van der Waals surface area contributed by atoms with Crippen LogP contribution in [0, 0.1) is 20.0 Å². The van der Waals surface area contributed by atoms with E-state index in [9.17, 15) is 0 Å². The number of fused-ring (bicyclic) bond motifs is 8. The normalized spacial score (nSPS) is 29.5. The minimum Gasteiger partial charge on any atom is 6.00 e. The monoisotopic (exact) mass is 436 g/mol. The van der Waals surface area contributed by atoms with Crippen LogP contribution in [0.25, 0.3) is 0 Å². The van der Waals surface area contributed by atoms with Gasteiger partial charge in [-0.15, -0.1) is 23.2 Å². The average molecular weight is 437 g/mol. The van der Waals surface area contributed by atoms with Crippen molar-refractivity contribution in [2.24, 2.45) is 0 Å². The van der Waals surface area contributed by atoms with E-state index in [1.165, 1.54) is 22.3 Å². The smallest absolute Gasteiger partial charge is 6.00 e. The summed E-state index contributed by atoms with van der Waals surface area (Å²) >= 11 is 14.2. The van der Waals surface area contributed by atoms with E-state index >= 15 is 0 Å². The van der Waals surface area contributed by atoms with Crippen molar-refractivity contribution < 1.29 is 31.3 Å². The first-order valence-electron chi connectivity index (χ1n) is 7.79. The van der Waals surface area contributed by atoms with Crippen molar-refractivity contribution in [2.45, 2.75) is 34.4 Å². The van der Waals surface area contributed by atoms with E-state index in [4.69, 9.17) is 37.2 Å². The summed E-state index contributed by atoms with van der Waals surface area (Å²) in [6, 6.07) is 17.3. The van der Waals surface area contributed by atoms with Crippen molar-refractivity contribution in [1.82, 2.24) is 0 Å². The van der Waals surface area contributed by atoms with E-state index in [1.807, 2.05) is 0 Å². The molecule has 0 amide bonds. The van der Waals surface area contributed by atoms with Gasteiger partial charge in [0.15, 0.2) is 0 Å². The second kappa shape index (κ2) is 9.31. The summed E-state index contributed by atoms with van der Waals surface area (Å²) in [7, 11) is 0. The van der Waals surface area contributed by atoms with Crippen LogP contribution in [0.3, 0.4) is 0 Å². The van der Waals surface area contributed by atoms with E-state index in [-0.39, 0.29) is 38.9 Å². The number of rotatable bonds is 0. The Labute approximate surface area is 179 Å². The third-order valence-electron chi connectivity index (χ3n) is 5.57. The molecule has 0 radical (unpaired) electrons. The number of benzene rings is 2. The van der Waals surface area contributed by atoms with E-state index in [2.05, 4.69) is 68.5 Å². The van der Waals surface area contributed by atoms with E-state index in [0.717, 1.165) is 12.8 Å². The predicted molar refractivity (Wildman–Crippen MR) is 94.7 cm³/mol. The average Bonchev–Trinajstić information content (AvgIpc) is 3.13. The fourth-order valence-electron chi connectivity index (χ4n) is 5.01. The Balaban J connectivity index is 0.000000479. The predicted octanol–water partition coefficient (Wildman–Crippen LogP) is 4.52. The van der Waals surface area contributed by atoms with Crippen LogP contribution in [0.15, 0.2) is 48.5 Å². The van der Waals surface area contributed by atoms with Crippen LogP contribution in [-0.2, 0) is 44.2 Å². The van der Waals surface area contributed by atoms with Gasteiger partial charge < -0.3 is 0 Å². The van der Waals surface area contributed by atoms with Gasteiger partial charge in [0.1, 0.15) is 0 Å². The third-order valence-corrected chi connectivity index (χ3v) is 6.71. The van der Waals surface area contributed by atoms with Gasteiger partial charge in [-0.1, -0.05) is 48.5 Å². The van der Waals surface area contributed by atoms with Crippen molar-refractivity contribution in [3.05, 3.63) is 90.7 Å². The summed E-state index contributed by atoms with van der Waals surface area (Å²) in [5.74, 6) is 0.568. The third kappa shape index (κ3) is 3.26. The molecule has 5 rings (SSSR count). The van der Waals surface area contributed by atoms with Gasteiger partial charge in [-0.2, -0.15) is 0 Å². The number of hydrogen-bond donors (Lipinski definition) is 0. The van der Waals surface area contributed by atoms with Crippen LogP contribution in [0.1, 0.15) is 34.1 Å². The molecule has 3 aliphatic carbocycles. The topological polar surface area (TPSA) is 59.7 Å². The Bertz CT molecular complexity index is 789. The number of hydrogen-bond acceptors (Lipinski definition) is 0. The molecule has 6 heteroatoms. The molecule has 0 bridgehead atoms. The number of halogens is 2. The first-order valence-corrected chi connectivity index (χ1v) is 8.55. The standard InChI is InChI=1S/C18H14Cl2.3CO.Cr/c19-17-9-11-5-1-3-7-13(11)15(17)18(20)10-12-6-2-4-8-14(12)16(17)18;3*1-2;/h1-8,15-16H,9-10H2;;;;/q;;;;+6. The van der Waals surface area contributed by atoms with Gasteiger partial charge in [0, 0.05) is 11.8 Å². The molecule has 3 nitrogen and oxygen atoms in total. The summed E-state index contributed by atoms with van der Waals surface area (Å²) in [4.78, 5) is -0.421. The molecule has 0 aliphatic heterocycles. The van der Waals surface area contributed by atoms with Gasteiger partial charge in [-0.3, -0.25) is 0 Å². The Morgan fingerprint density at radius 1 is 0.667 bits per heavy atom. The molecule has 1 saturated carbocycles. The number of alkyl halides is 2. The van der Waals surface area contributed by atoms with Crippen LogP contribution >= 0.6 is 23.2 Å². The second-order valence-electron chi connectivity index (χ2n) is 6.47. The van der Waals surface area contributed by atoms with Crippen molar-refractivity contribution in [1.29, 1.82) is 0 Å². The van der Waals surface area contributed by atoms with E-state index < -0.39 is 0 Å². The molecule has 0 saturated heterocycles. The molecular formula is C21H14Cl2CrO3+6. The summed E-state index contributed by atoms with van der Waals surface area (Å²) in [6.45, 7) is 13.5. The minimum absolute atomic E-state index is 0. The molecule has 2 aromatic rings. The van der Waals surface area contributed by atoms with Gasteiger partial charge in [0.25, 0.3) is 0 Å². The maximum Gasteiger partial charge on any atom is 6.00 e. The van der Waals surface area contributed by atoms with Crippen molar-refractivity contribution in [2.75, 3.05) is 0 Å². The molecule has 27 heavy (non-hydrogen) atoms. The minimum atomic E-state index is -0.210. The van der Waals surface area contributed by atoms with Crippen molar-refractivity contribution in [3.63, 3.8) is 0 Å². The first kappa shape index (κ1) is 23.8. The van der Waals surface area contributed by atoms with E-state index in [1.54, 1.807) is 0 Å². The molecule has 3 aliphatic rings. The Morgan fingerprint density at radius 2 is 0.963 bits per heavy atom. The Morgan fingerprint density at radius 3 is 1.30 bits per heavy atom. The summed E-state index contributed by atoms with van der Waals surface area (Å²) in [5.41, 5.74) is 5.53. The maximum absolute atomic E-state index is 7.50. The molecular weight excluding hydrogens is 423 g/mol. The zero-order chi connectivity index (χ0) is 19.5. The summed E-state index contributed by atoms with van der Waals surface area (Å²) < 4.78 is 22.5. The fourth-order valence-corrected chi connectivity index (χ4v) is 6.66. The quantitative estimate of drug-likeness (QED) is 0.331. The molecule has 130 valence electrons. The first-order chi connectivity index (χ1) is 12.6. The molecule has 0 aromatic heterocycles. The molecule has 2 aromatic carbocycles. The van der Waals surface area contributed by atoms with E-state index in [0.29, 0.717) is 0 Å². The summed E-state index contributed by atoms with van der Waals surface area (Å²) in [6.07, 6.45) is 1.89. The molecule has 0 atom stereocenters. The largest absolute Gasteiger partial charge is 6.00 e. The van der Waals surface area contributed by atoms with Gasteiger partial charge in [-0.05, 0) is 35.1 Å². The van der Waals surface area contributed by atoms with Crippen LogP contribution in [0.2, 0.25) is 0 Å². The van der Waals surface area contributed by atoms with Crippen LogP contribution in [0.4, 0.5) is 0 Å². The van der Waals surface area contributed by atoms with Crippen LogP contribution < -0.4 is 0 Å².